The first-order chi connectivity index (χ1) is 15.3. The predicted molar refractivity (Wildman–Crippen MR) is 120 cm³/mol. The number of sulfonamides is 1. The number of carbonyl (C=O) groups is 1. The summed E-state index contributed by atoms with van der Waals surface area (Å²) in [4.78, 5) is 12.7. The molecule has 2 heterocycles. The van der Waals surface area contributed by atoms with E-state index in [0.717, 1.165) is 18.4 Å². The van der Waals surface area contributed by atoms with Gasteiger partial charge in [0.2, 0.25) is 10.0 Å². The number of aryl methyl sites for hydroxylation is 1. The van der Waals surface area contributed by atoms with E-state index in [0.29, 0.717) is 42.3 Å². The molecule has 0 saturated carbocycles. The summed E-state index contributed by atoms with van der Waals surface area (Å²) in [7, 11) is -3.55. The van der Waals surface area contributed by atoms with Crippen molar-refractivity contribution in [3.05, 3.63) is 76.9 Å². The molecule has 1 aromatic heterocycles. The molecule has 9 heteroatoms. The lowest BCUT2D eigenvalue weighted by Crippen LogP contribution is -2.28. The molecule has 0 bridgehead atoms. The molecule has 3 aromatic rings. The molecule has 2 aromatic carbocycles. The number of aromatic nitrogens is 2. The van der Waals surface area contributed by atoms with Crippen LogP contribution in [0.2, 0.25) is 0 Å². The summed E-state index contributed by atoms with van der Waals surface area (Å²) in [5, 5.41) is 7.12. The van der Waals surface area contributed by atoms with Gasteiger partial charge in [0.15, 0.2) is 0 Å². The molecular formula is C23H25FN4O3S. The smallest absolute Gasteiger partial charge is 0.255 e. The molecule has 32 heavy (non-hydrogen) atoms. The van der Waals surface area contributed by atoms with Crippen LogP contribution in [-0.2, 0) is 16.6 Å². The fraction of sp³-hybridized carbons (Fsp3) is 0.304. The van der Waals surface area contributed by atoms with Crippen molar-refractivity contribution in [1.82, 2.24) is 14.1 Å². The second kappa shape index (κ2) is 8.84. The van der Waals surface area contributed by atoms with Crippen LogP contribution >= 0.6 is 0 Å². The minimum absolute atomic E-state index is 0.283. The molecule has 1 N–H and O–H groups in total. The van der Waals surface area contributed by atoms with Crippen molar-refractivity contribution >= 4 is 21.6 Å². The molecule has 168 valence electrons. The van der Waals surface area contributed by atoms with Gasteiger partial charge in [0.25, 0.3) is 5.91 Å². The minimum atomic E-state index is -3.55. The molecular weight excluding hydrogens is 431 g/mol. The highest BCUT2D eigenvalue weighted by atomic mass is 32.2. The number of carbonyl (C=O) groups excluding carboxylic acids is 1. The van der Waals surface area contributed by atoms with E-state index < -0.39 is 15.8 Å². The van der Waals surface area contributed by atoms with Crippen molar-refractivity contribution in [1.29, 1.82) is 0 Å². The highest BCUT2D eigenvalue weighted by Gasteiger charge is 2.32. The maximum absolute atomic E-state index is 13.3. The Bertz CT molecular complexity index is 1250. The molecule has 1 amide bonds. The summed E-state index contributed by atoms with van der Waals surface area (Å²) in [6, 6.07) is 12.7. The summed E-state index contributed by atoms with van der Waals surface area (Å²) in [5.41, 5.74) is 2.78. The highest BCUT2D eigenvalue weighted by Crippen LogP contribution is 2.26. The quantitative estimate of drug-likeness (QED) is 0.613. The van der Waals surface area contributed by atoms with Crippen molar-refractivity contribution in [2.24, 2.45) is 0 Å². The Morgan fingerprint density at radius 1 is 1.09 bits per heavy atom. The van der Waals surface area contributed by atoms with E-state index in [1.54, 1.807) is 48.9 Å². The molecule has 7 nitrogen and oxygen atoms in total. The molecule has 0 aliphatic carbocycles. The van der Waals surface area contributed by atoms with Gasteiger partial charge >= 0.3 is 0 Å². The third kappa shape index (κ3) is 4.44. The monoisotopic (exact) mass is 456 g/mol. The van der Waals surface area contributed by atoms with Crippen LogP contribution in [-0.4, -0.2) is 41.5 Å². The average Bonchev–Trinajstić information content (AvgIpc) is 3.38. The maximum Gasteiger partial charge on any atom is 0.255 e. The van der Waals surface area contributed by atoms with Crippen molar-refractivity contribution in [3.8, 4) is 0 Å². The minimum Gasteiger partial charge on any atom is -0.322 e. The van der Waals surface area contributed by atoms with Gasteiger partial charge in [-0.25, -0.2) is 12.8 Å². The number of nitrogens with one attached hydrogen (secondary N) is 1. The van der Waals surface area contributed by atoms with Crippen LogP contribution in [0.5, 0.6) is 0 Å². The van der Waals surface area contributed by atoms with Gasteiger partial charge in [-0.15, -0.1) is 0 Å². The summed E-state index contributed by atoms with van der Waals surface area (Å²) in [6.07, 6.45) is 1.76. The van der Waals surface area contributed by atoms with Gasteiger partial charge in [-0.3, -0.25) is 9.48 Å². The van der Waals surface area contributed by atoms with E-state index in [1.807, 2.05) is 0 Å². The van der Waals surface area contributed by atoms with Crippen molar-refractivity contribution < 1.29 is 17.6 Å². The van der Waals surface area contributed by atoms with Crippen LogP contribution in [0.15, 0.2) is 53.4 Å². The maximum atomic E-state index is 13.3. The molecule has 0 atom stereocenters. The van der Waals surface area contributed by atoms with Crippen LogP contribution in [0.1, 0.15) is 40.2 Å². The molecule has 0 radical (unpaired) electrons. The van der Waals surface area contributed by atoms with Gasteiger partial charge in [0.1, 0.15) is 10.7 Å². The number of halogens is 1. The van der Waals surface area contributed by atoms with Crippen LogP contribution in [0, 0.1) is 19.7 Å². The van der Waals surface area contributed by atoms with Gasteiger partial charge in [-0.1, -0.05) is 18.2 Å². The fourth-order valence-electron chi connectivity index (χ4n) is 3.97. The Morgan fingerprint density at radius 3 is 2.44 bits per heavy atom. The Morgan fingerprint density at radius 2 is 1.78 bits per heavy atom. The number of anilines is 1. The second-order valence-electron chi connectivity index (χ2n) is 7.93. The van der Waals surface area contributed by atoms with Gasteiger partial charge in [0, 0.05) is 24.3 Å². The van der Waals surface area contributed by atoms with Crippen LogP contribution in [0.25, 0.3) is 0 Å². The van der Waals surface area contributed by atoms with E-state index in [2.05, 4.69) is 10.4 Å². The van der Waals surface area contributed by atoms with Crippen molar-refractivity contribution in [3.63, 3.8) is 0 Å². The number of benzene rings is 2. The predicted octanol–water partition coefficient (Wildman–Crippen LogP) is 3.72. The molecule has 1 saturated heterocycles. The third-order valence-corrected chi connectivity index (χ3v) is 7.76. The number of hydrogen-bond acceptors (Lipinski definition) is 4. The standard InChI is InChI=1S/C23H25FN4O3S/c1-16-22(32(30,31)27-12-3-4-13-27)17(2)28(26-16)15-18-8-10-19(11-9-18)23(29)25-21-7-5-6-20(24)14-21/h5-11,14H,3-4,12-13,15H2,1-2H3,(H,25,29). The van der Waals surface area contributed by atoms with Crippen molar-refractivity contribution in [2.75, 3.05) is 18.4 Å². The summed E-state index contributed by atoms with van der Waals surface area (Å²) in [6.45, 7) is 4.96. The highest BCUT2D eigenvalue weighted by molar-refractivity contribution is 7.89. The zero-order chi connectivity index (χ0) is 22.9. The molecule has 0 spiro atoms. The van der Waals surface area contributed by atoms with Crippen LogP contribution in [0.3, 0.4) is 0 Å². The van der Waals surface area contributed by atoms with Crippen LogP contribution in [0.4, 0.5) is 10.1 Å². The normalized spacial score (nSPS) is 14.6. The van der Waals surface area contributed by atoms with E-state index in [-0.39, 0.29) is 10.8 Å². The molecule has 1 fully saturated rings. The van der Waals surface area contributed by atoms with Gasteiger partial charge in [-0.2, -0.15) is 9.40 Å². The van der Waals surface area contributed by atoms with E-state index in [4.69, 9.17) is 0 Å². The summed E-state index contributed by atoms with van der Waals surface area (Å²) < 4.78 is 42.6. The number of nitrogens with zero attached hydrogens (tertiary/aromatic N) is 3. The SMILES string of the molecule is Cc1nn(Cc2ccc(C(=O)Nc3cccc(F)c3)cc2)c(C)c1S(=O)(=O)N1CCCC1. The topological polar surface area (TPSA) is 84.3 Å². The lowest BCUT2D eigenvalue weighted by atomic mass is 10.1. The van der Waals surface area contributed by atoms with Crippen LogP contribution < -0.4 is 5.32 Å². The first-order valence-electron chi connectivity index (χ1n) is 10.5. The Labute approximate surface area is 186 Å². The zero-order valence-electron chi connectivity index (χ0n) is 18.0. The molecule has 1 aliphatic heterocycles. The van der Waals surface area contributed by atoms with Gasteiger partial charge in [0.05, 0.1) is 17.9 Å². The lowest BCUT2D eigenvalue weighted by Gasteiger charge is -2.15. The molecule has 4 rings (SSSR count). The lowest BCUT2D eigenvalue weighted by molar-refractivity contribution is 0.102. The first kappa shape index (κ1) is 22.2. The van der Waals surface area contributed by atoms with Gasteiger partial charge < -0.3 is 5.32 Å². The number of amides is 1. The third-order valence-electron chi connectivity index (χ3n) is 5.61. The van der Waals surface area contributed by atoms with Gasteiger partial charge in [-0.05, 0) is 62.6 Å². The summed E-state index contributed by atoms with van der Waals surface area (Å²) >= 11 is 0. The van der Waals surface area contributed by atoms with E-state index in [1.165, 1.54) is 22.5 Å². The fourth-order valence-corrected chi connectivity index (χ4v) is 5.86. The van der Waals surface area contributed by atoms with Crippen molar-refractivity contribution in [2.45, 2.75) is 38.1 Å². The first-order valence-corrected chi connectivity index (χ1v) is 11.9. The average molecular weight is 457 g/mol. The Balaban J connectivity index is 1.50. The number of hydrogen-bond donors (Lipinski definition) is 1. The Hall–Kier alpha value is -3.04. The second-order valence-corrected chi connectivity index (χ2v) is 9.80. The van der Waals surface area contributed by atoms with E-state index >= 15 is 0 Å². The summed E-state index contributed by atoms with van der Waals surface area (Å²) in [5.74, 6) is -0.763. The zero-order valence-corrected chi connectivity index (χ0v) is 18.8. The molecule has 1 aliphatic rings. The molecule has 0 unspecified atom stereocenters. The Kier molecular flexibility index (Phi) is 6.12. The largest absolute Gasteiger partial charge is 0.322 e. The van der Waals surface area contributed by atoms with E-state index in [9.17, 15) is 17.6 Å². The number of rotatable bonds is 6.